The van der Waals surface area contributed by atoms with Crippen molar-refractivity contribution in [2.45, 2.75) is 19.8 Å². The molecule has 2 N–H and O–H groups in total. The Kier molecular flexibility index (Phi) is 6.98. The van der Waals surface area contributed by atoms with Crippen molar-refractivity contribution in [2.24, 2.45) is 5.73 Å². The van der Waals surface area contributed by atoms with Gasteiger partial charge in [-0.2, -0.15) is 0 Å². The lowest BCUT2D eigenvalue weighted by Gasteiger charge is -1.80. The van der Waals surface area contributed by atoms with Gasteiger partial charge in [-0.15, -0.1) is 0 Å². The van der Waals surface area contributed by atoms with E-state index in [0.717, 1.165) is 12.8 Å². The lowest BCUT2D eigenvalue weighted by atomic mass is 10.3. The van der Waals surface area contributed by atoms with Gasteiger partial charge in [-0.1, -0.05) is 31.2 Å². The smallest absolute Gasteiger partial charge is 0.0106 e. The van der Waals surface area contributed by atoms with Crippen molar-refractivity contribution in [1.29, 1.82) is 0 Å². The van der Waals surface area contributed by atoms with Crippen molar-refractivity contribution in [1.82, 2.24) is 0 Å². The topological polar surface area (TPSA) is 26.0 Å². The van der Waals surface area contributed by atoms with Crippen LogP contribution in [0.3, 0.4) is 0 Å². The summed E-state index contributed by atoms with van der Waals surface area (Å²) < 4.78 is 0. The molecule has 1 heteroatoms. The molecule has 0 fully saturated rings. The van der Waals surface area contributed by atoms with E-state index in [1.807, 2.05) is 6.08 Å². The van der Waals surface area contributed by atoms with Gasteiger partial charge in [0.15, 0.2) is 0 Å². The first-order valence-electron chi connectivity index (χ1n) is 3.42. The Labute approximate surface area is 57.3 Å². The van der Waals surface area contributed by atoms with Gasteiger partial charge >= 0.3 is 0 Å². The maximum Gasteiger partial charge on any atom is 0.0106 e. The summed E-state index contributed by atoms with van der Waals surface area (Å²) in [6.07, 6.45) is 10.5. The Bertz CT molecular complexity index is 80.7. The standard InChI is InChI=1S/C8H15N/c1-2-3-4-5-6-7-8-9/h3-4,6-7H,2,5,8-9H2,1H3/b4-3+,7-6+. The Morgan fingerprint density at radius 1 is 1.11 bits per heavy atom. The molecule has 0 bridgehead atoms. The highest BCUT2D eigenvalue weighted by atomic mass is 14.5. The minimum Gasteiger partial charge on any atom is -0.327 e. The lowest BCUT2D eigenvalue weighted by molar-refractivity contribution is 1.19. The SMILES string of the molecule is CC/C=C/C/C=C/CN. The second-order valence-corrected chi connectivity index (χ2v) is 1.82. The molecule has 0 rings (SSSR count). The molecular formula is C8H15N. The van der Waals surface area contributed by atoms with E-state index in [-0.39, 0.29) is 0 Å². The molecular weight excluding hydrogens is 110 g/mol. The van der Waals surface area contributed by atoms with Crippen molar-refractivity contribution in [3.8, 4) is 0 Å². The van der Waals surface area contributed by atoms with Crippen LogP contribution in [0, 0.1) is 0 Å². The minimum absolute atomic E-state index is 0.653. The molecule has 0 aromatic heterocycles. The van der Waals surface area contributed by atoms with Gasteiger partial charge in [0.1, 0.15) is 0 Å². The fourth-order valence-electron chi connectivity index (χ4n) is 0.534. The van der Waals surface area contributed by atoms with Crippen LogP contribution in [-0.4, -0.2) is 6.54 Å². The lowest BCUT2D eigenvalue weighted by Crippen LogP contribution is -1.91. The van der Waals surface area contributed by atoms with E-state index >= 15 is 0 Å². The van der Waals surface area contributed by atoms with Crippen molar-refractivity contribution in [2.75, 3.05) is 6.54 Å². The summed E-state index contributed by atoms with van der Waals surface area (Å²) in [6, 6.07) is 0. The van der Waals surface area contributed by atoms with Gasteiger partial charge in [-0.3, -0.25) is 0 Å². The molecule has 0 spiro atoms. The molecule has 0 heterocycles. The molecule has 0 aliphatic carbocycles. The summed E-state index contributed by atoms with van der Waals surface area (Å²) >= 11 is 0. The molecule has 1 nitrogen and oxygen atoms in total. The molecule has 0 saturated heterocycles. The van der Waals surface area contributed by atoms with E-state index in [1.54, 1.807) is 0 Å². The van der Waals surface area contributed by atoms with Crippen LogP contribution >= 0.6 is 0 Å². The van der Waals surface area contributed by atoms with Crippen LogP contribution in [0.2, 0.25) is 0 Å². The fraction of sp³-hybridized carbons (Fsp3) is 0.500. The molecule has 52 valence electrons. The molecule has 9 heavy (non-hydrogen) atoms. The summed E-state index contributed by atoms with van der Waals surface area (Å²) in [5.41, 5.74) is 5.23. The average Bonchev–Trinajstić information content (AvgIpc) is 1.89. The third-order valence-electron chi connectivity index (χ3n) is 0.977. The predicted octanol–water partition coefficient (Wildman–Crippen LogP) is 1.86. The summed E-state index contributed by atoms with van der Waals surface area (Å²) in [5, 5.41) is 0. The van der Waals surface area contributed by atoms with Crippen LogP contribution in [0.4, 0.5) is 0 Å². The Balaban J connectivity index is 3.08. The molecule has 0 aromatic carbocycles. The normalized spacial score (nSPS) is 11.8. The Hall–Kier alpha value is -0.560. The zero-order valence-electron chi connectivity index (χ0n) is 6.01. The van der Waals surface area contributed by atoms with Gasteiger partial charge < -0.3 is 5.73 Å². The third kappa shape index (κ3) is 7.44. The van der Waals surface area contributed by atoms with Crippen LogP contribution in [0.5, 0.6) is 0 Å². The second kappa shape index (κ2) is 7.44. The maximum absolute atomic E-state index is 5.23. The molecule has 0 radical (unpaired) electrons. The predicted molar refractivity (Wildman–Crippen MR) is 42.2 cm³/mol. The molecule has 0 aliphatic heterocycles. The highest BCUT2D eigenvalue weighted by Crippen LogP contribution is 1.86. The third-order valence-corrected chi connectivity index (χ3v) is 0.977. The van der Waals surface area contributed by atoms with Gasteiger partial charge in [0.2, 0.25) is 0 Å². The highest BCUT2D eigenvalue weighted by molar-refractivity contribution is 4.92. The maximum atomic E-state index is 5.23. The van der Waals surface area contributed by atoms with E-state index < -0.39 is 0 Å². The van der Waals surface area contributed by atoms with Crippen molar-refractivity contribution >= 4 is 0 Å². The summed E-state index contributed by atoms with van der Waals surface area (Å²) in [7, 11) is 0. The van der Waals surface area contributed by atoms with Gasteiger partial charge in [0.25, 0.3) is 0 Å². The van der Waals surface area contributed by atoms with Gasteiger partial charge in [0, 0.05) is 6.54 Å². The minimum atomic E-state index is 0.653. The van der Waals surface area contributed by atoms with E-state index in [4.69, 9.17) is 5.73 Å². The number of allylic oxidation sites excluding steroid dienone is 3. The van der Waals surface area contributed by atoms with Gasteiger partial charge in [-0.25, -0.2) is 0 Å². The van der Waals surface area contributed by atoms with E-state index in [0.29, 0.717) is 6.54 Å². The quantitative estimate of drug-likeness (QED) is 0.570. The van der Waals surface area contributed by atoms with Crippen LogP contribution < -0.4 is 5.73 Å². The number of nitrogens with two attached hydrogens (primary N) is 1. The molecule has 0 amide bonds. The van der Waals surface area contributed by atoms with Crippen LogP contribution in [-0.2, 0) is 0 Å². The first-order valence-corrected chi connectivity index (χ1v) is 3.42. The van der Waals surface area contributed by atoms with Crippen LogP contribution in [0.15, 0.2) is 24.3 Å². The number of hydrogen-bond donors (Lipinski definition) is 1. The average molecular weight is 125 g/mol. The van der Waals surface area contributed by atoms with Crippen LogP contribution in [0.25, 0.3) is 0 Å². The van der Waals surface area contributed by atoms with Crippen molar-refractivity contribution < 1.29 is 0 Å². The fourth-order valence-corrected chi connectivity index (χ4v) is 0.534. The van der Waals surface area contributed by atoms with Crippen LogP contribution in [0.1, 0.15) is 19.8 Å². The largest absolute Gasteiger partial charge is 0.327 e. The highest BCUT2D eigenvalue weighted by Gasteiger charge is 1.68. The number of rotatable bonds is 4. The summed E-state index contributed by atoms with van der Waals surface area (Å²) in [5.74, 6) is 0. The molecule has 0 saturated carbocycles. The Morgan fingerprint density at radius 3 is 2.33 bits per heavy atom. The molecule has 0 aliphatic rings. The van der Waals surface area contributed by atoms with Crippen molar-refractivity contribution in [3.63, 3.8) is 0 Å². The van der Waals surface area contributed by atoms with E-state index in [2.05, 4.69) is 25.2 Å². The van der Waals surface area contributed by atoms with E-state index in [9.17, 15) is 0 Å². The second-order valence-electron chi connectivity index (χ2n) is 1.82. The summed E-state index contributed by atoms with van der Waals surface area (Å²) in [6.45, 7) is 2.78. The molecule has 0 unspecified atom stereocenters. The molecule has 0 aromatic rings. The number of hydrogen-bond acceptors (Lipinski definition) is 1. The van der Waals surface area contributed by atoms with E-state index in [1.165, 1.54) is 0 Å². The first kappa shape index (κ1) is 8.44. The van der Waals surface area contributed by atoms with Gasteiger partial charge in [-0.05, 0) is 12.8 Å². The zero-order chi connectivity index (χ0) is 6.95. The molecule has 0 atom stereocenters. The monoisotopic (exact) mass is 125 g/mol. The zero-order valence-corrected chi connectivity index (χ0v) is 6.01. The Morgan fingerprint density at radius 2 is 1.78 bits per heavy atom. The summed E-state index contributed by atoms with van der Waals surface area (Å²) in [4.78, 5) is 0. The first-order chi connectivity index (χ1) is 4.41. The van der Waals surface area contributed by atoms with Crippen molar-refractivity contribution in [3.05, 3.63) is 24.3 Å². The van der Waals surface area contributed by atoms with Gasteiger partial charge in [0.05, 0.1) is 0 Å².